The largest absolute Gasteiger partial charge is 0.325 e. The second-order valence-electron chi connectivity index (χ2n) is 5.85. The predicted molar refractivity (Wildman–Crippen MR) is 97.9 cm³/mol. The molecule has 0 saturated heterocycles. The third-order valence-electron chi connectivity index (χ3n) is 4.14. The minimum absolute atomic E-state index is 0.0661. The third kappa shape index (κ3) is 3.02. The average molecular weight is 379 g/mol. The number of hydrogen-bond acceptors (Lipinski definition) is 7. The van der Waals surface area contributed by atoms with Crippen molar-refractivity contribution in [2.45, 2.75) is 5.16 Å². The summed E-state index contributed by atoms with van der Waals surface area (Å²) >= 11 is 1.17. The summed E-state index contributed by atoms with van der Waals surface area (Å²) in [5.41, 5.74) is 1.56. The summed E-state index contributed by atoms with van der Waals surface area (Å²) in [6.45, 7) is 0. The first-order valence-corrected chi connectivity index (χ1v) is 9.01. The van der Waals surface area contributed by atoms with Crippen LogP contribution in [-0.4, -0.2) is 43.4 Å². The molecule has 27 heavy (non-hydrogen) atoms. The van der Waals surface area contributed by atoms with Crippen LogP contribution in [0.25, 0.3) is 0 Å². The molecule has 134 valence electrons. The normalized spacial score (nSPS) is 12.5. The zero-order chi connectivity index (χ0) is 19.0. The average Bonchev–Trinajstić information content (AvgIpc) is 3.09. The highest BCUT2D eigenvalue weighted by Gasteiger charge is 2.31. The van der Waals surface area contributed by atoms with Crippen LogP contribution in [0, 0.1) is 0 Å². The highest BCUT2D eigenvalue weighted by atomic mass is 32.2. The molecule has 1 aromatic heterocycles. The van der Waals surface area contributed by atoms with Crippen molar-refractivity contribution in [1.82, 2.24) is 20.2 Å². The monoisotopic (exact) mass is 379 g/mol. The van der Waals surface area contributed by atoms with Crippen molar-refractivity contribution in [3.05, 3.63) is 64.7 Å². The number of tetrazole rings is 1. The zero-order valence-electron chi connectivity index (χ0n) is 14.2. The third-order valence-corrected chi connectivity index (χ3v) is 5.15. The van der Waals surface area contributed by atoms with Crippen LogP contribution in [0.4, 0.5) is 5.69 Å². The van der Waals surface area contributed by atoms with Gasteiger partial charge < -0.3 is 5.32 Å². The van der Waals surface area contributed by atoms with E-state index in [9.17, 15) is 14.4 Å². The van der Waals surface area contributed by atoms with Gasteiger partial charge in [-0.05, 0) is 16.5 Å². The number of fused-ring (bicyclic) bond motifs is 2. The molecule has 9 heteroatoms. The lowest BCUT2D eigenvalue weighted by Crippen LogP contribution is -2.24. The predicted octanol–water partition coefficient (Wildman–Crippen LogP) is 1.72. The summed E-state index contributed by atoms with van der Waals surface area (Å²) in [7, 11) is 1.68. The SMILES string of the molecule is Cn1nnnc1SCC(=O)Nc1cccc2c1C(=O)c1ccccc1C2=O. The summed E-state index contributed by atoms with van der Waals surface area (Å²) in [6, 6.07) is 11.5. The number of carbonyl (C=O) groups is 3. The van der Waals surface area contributed by atoms with Gasteiger partial charge in [-0.25, -0.2) is 4.68 Å². The van der Waals surface area contributed by atoms with E-state index in [1.165, 1.54) is 16.4 Å². The van der Waals surface area contributed by atoms with Crippen molar-refractivity contribution in [2.24, 2.45) is 7.05 Å². The molecule has 0 radical (unpaired) electrons. The number of aryl methyl sites for hydroxylation is 1. The van der Waals surface area contributed by atoms with E-state index >= 15 is 0 Å². The Kier molecular flexibility index (Phi) is 4.28. The van der Waals surface area contributed by atoms with E-state index in [0.717, 1.165) is 0 Å². The van der Waals surface area contributed by atoms with Crippen LogP contribution in [0.2, 0.25) is 0 Å². The first-order chi connectivity index (χ1) is 13.1. The summed E-state index contributed by atoms with van der Waals surface area (Å²) in [5.74, 6) is -0.760. The standard InChI is InChI=1S/C18H13N5O3S/c1-23-18(20-21-22-23)27-9-14(24)19-13-8-4-7-12-15(13)17(26)11-6-3-2-5-10(11)16(12)25/h2-8H,9H2,1H3,(H,19,24). The maximum atomic E-state index is 12.9. The van der Waals surface area contributed by atoms with Crippen molar-refractivity contribution in [3.63, 3.8) is 0 Å². The Bertz CT molecular complexity index is 1090. The minimum Gasteiger partial charge on any atom is -0.325 e. The molecule has 0 saturated carbocycles. The van der Waals surface area contributed by atoms with Crippen LogP contribution in [0.3, 0.4) is 0 Å². The van der Waals surface area contributed by atoms with Crippen molar-refractivity contribution >= 4 is 34.9 Å². The smallest absolute Gasteiger partial charge is 0.234 e. The Balaban J connectivity index is 1.60. The van der Waals surface area contributed by atoms with E-state index in [1.807, 2.05) is 0 Å². The summed E-state index contributed by atoms with van der Waals surface area (Å²) in [4.78, 5) is 38.0. The van der Waals surface area contributed by atoms with Gasteiger partial charge in [-0.15, -0.1) is 5.10 Å². The van der Waals surface area contributed by atoms with Gasteiger partial charge in [-0.3, -0.25) is 14.4 Å². The highest BCUT2D eigenvalue weighted by Crippen LogP contribution is 2.32. The van der Waals surface area contributed by atoms with Crippen LogP contribution in [0.15, 0.2) is 47.6 Å². The number of benzene rings is 2. The van der Waals surface area contributed by atoms with E-state index in [1.54, 1.807) is 49.5 Å². The summed E-state index contributed by atoms with van der Waals surface area (Å²) in [5, 5.41) is 14.2. The second-order valence-corrected chi connectivity index (χ2v) is 6.80. The van der Waals surface area contributed by atoms with Gasteiger partial charge in [0.05, 0.1) is 17.0 Å². The zero-order valence-corrected chi connectivity index (χ0v) is 15.0. The van der Waals surface area contributed by atoms with Crippen molar-refractivity contribution in [1.29, 1.82) is 0 Å². The lowest BCUT2D eigenvalue weighted by molar-refractivity contribution is -0.113. The maximum Gasteiger partial charge on any atom is 0.234 e. The molecule has 1 aliphatic carbocycles. The molecule has 3 aromatic rings. The van der Waals surface area contributed by atoms with Gasteiger partial charge in [0.1, 0.15) is 0 Å². The van der Waals surface area contributed by atoms with Crippen molar-refractivity contribution in [3.8, 4) is 0 Å². The van der Waals surface area contributed by atoms with Gasteiger partial charge in [0, 0.05) is 23.7 Å². The first kappa shape index (κ1) is 17.1. The minimum atomic E-state index is -0.324. The van der Waals surface area contributed by atoms with Crippen LogP contribution in [0.1, 0.15) is 31.8 Å². The molecule has 8 nitrogen and oxygen atoms in total. The lowest BCUT2D eigenvalue weighted by atomic mass is 9.83. The number of anilines is 1. The highest BCUT2D eigenvalue weighted by molar-refractivity contribution is 7.99. The quantitative estimate of drug-likeness (QED) is 0.538. The van der Waals surface area contributed by atoms with E-state index in [4.69, 9.17) is 0 Å². The molecule has 0 aliphatic heterocycles. The number of nitrogens with zero attached hydrogens (tertiary/aromatic N) is 4. The molecule has 1 heterocycles. The molecule has 1 amide bonds. The fourth-order valence-corrected chi connectivity index (χ4v) is 3.56. The number of hydrogen-bond donors (Lipinski definition) is 1. The molecule has 0 unspecified atom stereocenters. The van der Waals surface area contributed by atoms with Crippen LogP contribution in [-0.2, 0) is 11.8 Å². The van der Waals surface area contributed by atoms with Gasteiger partial charge in [-0.2, -0.15) is 0 Å². The molecule has 0 spiro atoms. The number of nitrogens with one attached hydrogen (secondary N) is 1. The fourth-order valence-electron chi connectivity index (χ4n) is 2.91. The molecule has 0 fully saturated rings. The number of rotatable bonds is 4. The van der Waals surface area contributed by atoms with Gasteiger partial charge in [-0.1, -0.05) is 48.2 Å². The van der Waals surface area contributed by atoms with Crippen molar-refractivity contribution < 1.29 is 14.4 Å². The Morgan fingerprint density at radius 1 is 1.04 bits per heavy atom. The number of thioether (sulfide) groups is 1. The maximum absolute atomic E-state index is 12.9. The Hall–Kier alpha value is -3.33. The Labute approximate surface area is 158 Å². The number of amides is 1. The topological polar surface area (TPSA) is 107 Å². The molecular formula is C18H13N5O3S. The number of ketones is 2. The lowest BCUT2D eigenvalue weighted by Gasteiger charge is -2.20. The molecule has 0 atom stereocenters. The van der Waals surface area contributed by atoms with Crippen LogP contribution in [0.5, 0.6) is 0 Å². The fraction of sp³-hybridized carbons (Fsp3) is 0.111. The van der Waals surface area contributed by atoms with Gasteiger partial charge in [0.2, 0.25) is 11.1 Å². The van der Waals surface area contributed by atoms with Gasteiger partial charge in [0.25, 0.3) is 0 Å². The first-order valence-electron chi connectivity index (χ1n) is 8.02. The molecule has 2 aromatic carbocycles. The Morgan fingerprint density at radius 3 is 2.44 bits per heavy atom. The van der Waals surface area contributed by atoms with Gasteiger partial charge in [0.15, 0.2) is 11.6 Å². The van der Waals surface area contributed by atoms with E-state index in [-0.39, 0.29) is 28.8 Å². The van der Waals surface area contributed by atoms with E-state index in [0.29, 0.717) is 27.5 Å². The van der Waals surface area contributed by atoms with Crippen molar-refractivity contribution in [2.75, 3.05) is 11.1 Å². The van der Waals surface area contributed by atoms with E-state index < -0.39 is 0 Å². The summed E-state index contributed by atoms with van der Waals surface area (Å²) < 4.78 is 1.46. The molecule has 1 N–H and O–H groups in total. The summed E-state index contributed by atoms with van der Waals surface area (Å²) in [6.07, 6.45) is 0. The Morgan fingerprint density at radius 2 is 1.74 bits per heavy atom. The number of carbonyl (C=O) groups excluding carboxylic acids is 3. The van der Waals surface area contributed by atoms with Crippen LogP contribution >= 0.6 is 11.8 Å². The van der Waals surface area contributed by atoms with Crippen LogP contribution < -0.4 is 5.32 Å². The molecular weight excluding hydrogens is 366 g/mol. The number of aromatic nitrogens is 4. The molecule has 0 bridgehead atoms. The molecule has 4 rings (SSSR count). The van der Waals surface area contributed by atoms with E-state index in [2.05, 4.69) is 20.8 Å². The van der Waals surface area contributed by atoms with Gasteiger partial charge >= 0.3 is 0 Å². The second kappa shape index (κ2) is 6.76. The molecule has 1 aliphatic rings.